The fourth-order valence-electron chi connectivity index (χ4n) is 4.97. The van der Waals surface area contributed by atoms with E-state index in [1.165, 1.54) is 6.07 Å². The Balaban J connectivity index is 1.29. The van der Waals surface area contributed by atoms with Crippen LogP contribution < -0.4 is 4.74 Å². The van der Waals surface area contributed by atoms with E-state index >= 15 is 0 Å². The number of nitrogens with one attached hydrogen (secondary N) is 1. The van der Waals surface area contributed by atoms with E-state index in [-0.39, 0.29) is 23.7 Å². The first kappa shape index (κ1) is 22.3. The second kappa shape index (κ2) is 10.2. The second-order valence-corrected chi connectivity index (χ2v) is 9.06. The third kappa shape index (κ3) is 5.01. The summed E-state index contributed by atoms with van der Waals surface area (Å²) in [6, 6.07) is 16.6. The fourth-order valence-corrected chi connectivity index (χ4v) is 4.97. The van der Waals surface area contributed by atoms with Gasteiger partial charge in [-0.15, -0.1) is 0 Å². The van der Waals surface area contributed by atoms with E-state index in [0.717, 1.165) is 53.6 Å². The van der Waals surface area contributed by atoms with Crippen LogP contribution in [0.1, 0.15) is 59.6 Å². The zero-order valence-corrected chi connectivity index (χ0v) is 19.0. The Bertz CT molecular complexity index is 1270. The molecule has 0 amide bonds. The number of aromatic nitrogens is 3. The Morgan fingerprint density at radius 1 is 1.09 bits per heavy atom. The number of ketones is 1. The van der Waals surface area contributed by atoms with Crippen molar-refractivity contribution < 1.29 is 13.9 Å². The van der Waals surface area contributed by atoms with Crippen molar-refractivity contribution in [2.24, 2.45) is 5.92 Å². The normalized spacial score (nSPS) is 18.1. The number of Topliss-reactive ketones (excluding diaryl/α,β-unsaturated/α-hetero) is 1. The van der Waals surface area contributed by atoms with Gasteiger partial charge in [-0.3, -0.25) is 14.9 Å². The van der Waals surface area contributed by atoms with Gasteiger partial charge >= 0.3 is 0 Å². The van der Waals surface area contributed by atoms with Crippen molar-refractivity contribution in [2.75, 3.05) is 6.61 Å². The summed E-state index contributed by atoms with van der Waals surface area (Å²) in [6.07, 6.45) is 8.59. The molecular weight excluding hydrogens is 429 g/mol. The van der Waals surface area contributed by atoms with Crippen molar-refractivity contribution in [3.63, 3.8) is 0 Å². The molecule has 1 fully saturated rings. The van der Waals surface area contributed by atoms with Gasteiger partial charge in [-0.25, -0.2) is 4.39 Å². The van der Waals surface area contributed by atoms with Crippen molar-refractivity contribution in [2.45, 2.75) is 44.4 Å². The van der Waals surface area contributed by atoms with Crippen LogP contribution in [0.15, 0.2) is 67.0 Å². The molecule has 34 heavy (non-hydrogen) atoms. The van der Waals surface area contributed by atoms with Crippen LogP contribution in [0.3, 0.4) is 0 Å². The smallest absolute Gasteiger partial charge is 0.166 e. The van der Waals surface area contributed by atoms with Gasteiger partial charge in [-0.05, 0) is 79.1 Å². The van der Waals surface area contributed by atoms with Gasteiger partial charge in [0, 0.05) is 23.7 Å². The largest absolute Gasteiger partial charge is 0.493 e. The minimum Gasteiger partial charge on any atom is -0.493 e. The third-order valence-corrected chi connectivity index (χ3v) is 6.84. The summed E-state index contributed by atoms with van der Waals surface area (Å²) in [7, 11) is 0. The molecule has 5 rings (SSSR count). The SMILES string of the molecule is O=C(CCc1ccccn1)c1cc([C@@H]2CCCC[C@H]2COc2ccc3[nH]ncc3c2)ccc1F. The van der Waals surface area contributed by atoms with Crippen LogP contribution >= 0.6 is 0 Å². The van der Waals surface area contributed by atoms with E-state index in [9.17, 15) is 9.18 Å². The average Bonchev–Trinajstić information content (AvgIpc) is 3.35. The summed E-state index contributed by atoms with van der Waals surface area (Å²) in [5, 5.41) is 8.03. The van der Waals surface area contributed by atoms with Gasteiger partial charge < -0.3 is 4.74 Å². The summed E-state index contributed by atoms with van der Waals surface area (Å²) in [5.41, 5.74) is 3.03. The maximum absolute atomic E-state index is 14.6. The molecule has 0 spiro atoms. The van der Waals surface area contributed by atoms with Crippen molar-refractivity contribution in [3.05, 3.63) is 89.6 Å². The minimum atomic E-state index is -0.452. The van der Waals surface area contributed by atoms with Crippen LogP contribution in [-0.2, 0) is 6.42 Å². The molecule has 1 N–H and O–H groups in total. The van der Waals surface area contributed by atoms with Crippen LogP contribution in [0.4, 0.5) is 4.39 Å². The van der Waals surface area contributed by atoms with E-state index in [2.05, 4.69) is 15.2 Å². The highest BCUT2D eigenvalue weighted by Crippen LogP contribution is 2.39. The molecular formula is C28H28FN3O2. The first-order valence-corrected chi connectivity index (χ1v) is 12.0. The summed E-state index contributed by atoms with van der Waals surface area (Å²) < 4.78 is 20.8. The number of benzene rings is 2. The number of carbonyl (C=O) groups is 1. The predicted octanol–water partition coefficient (Wildman–Crippen LogP) is 6.27. The number of ether oxygens (including phenoxy) is 1. The van der Waals surface area contributed by atoms with Gasteiger partial charge in [0.05, 0.1) is 23.9 Å². The molecule has 1 aliphatic carbocycles. The predicted molar refractivity (Wildman–Crippen MR) is 130 cm³/mol. The monoisotopic (exact) mass is 457 g/mol. The fraction of sp³-hybridized carbons (Fsp3) is 0.321. The highest BCUT2D eigenvalue weighted by Gasteiger charge is 2.28. The third-order valence-electron chi connectivity index (χ3n) is 6.84. The van der Waals surface area contributed by atoms with Gasteiger partial charge in [0.2, 0.25) is 0 Å². The number of hydrogen-bond acceptors (Lipinski definition) is 4. The molecule has 6 heteroatoms. The molecule has 0 radical (unpaired) electrons. The van der Waals surface area contributed by atoms with Gasteiger partial charge in [0.1, 0.15) is 11.6 Å². The average molecular weight is 458 g/mol. The van der Waals surface area contributed by atoms with Gasteiger partial charge in [-0.2, -0.15) is 5.10 Å². The molecule has 0 saturated heterocycles. The lowest BCUT2D eigenvalue weighted by Gasteiger charge is -2.32. The first-order chi connectivity index (χ1) is 16.7. The molecule has 2 heterocycles. The zero-order chi connectivity index (χ0) is 23.3. The van der Waals surface area contributed by atoms with Gasteiger partial charge in [0.15, 0.2) is 5.78 Å². The molecule has 2 aromatic carbocycles. The quantitative estimate of drug-likeness (QED) is 0.317. The van der Waals surface area contributed by atoms with Gasteiger partial charge in [-0.1, -0.05) is 25.0 Å². The number of H-pyrrole nitrogens is 1. The summed E-state index contributed by atoms with van der Waals surface area (Å²) in [5.74, 6) is 0.751. The lowest BCUT2D eigenvalue weighted by molar-refractivity contribution is 0.0978. The maximum Gasteiger partial charge on any atom is 0.166 e. The van der Waals surface area contributed by atoms with Crippen molar-refractivity contribution in [1.29, 1.82) is 0 Å². The Labute approximate surface area is 198 Å². The lowest BCUT2D eigenvalue weighted by atomic mass is 9.75. The highest BCUT2D eigenvalue weighted by atomic mass is 19.1. The molecule has 4 aromatic rings. The number of aryl methyl sites for hydroxylation is 1. The lowest BCUT2D eigenvalue weighted by Crippen LogP contribution is -2.24. The highest BCUT2D eigenvalue weighted by molar-refractivity contribution is 5.96. The van der Waals surface area contributed by atoms with E-state index in [1.807, 2.05) is 42.5 Å². The molecule has 2 atom stereocenters. The Morgan fingerprint density at radius 3 is 2.88 bits per heavy atom. The topological polar surface area (TPSA) is 67.9 Å². The number of rotatable bonds is 8. The van der Waals surface area contributed by atoms with Gasteiger partial charge in [0.25, 0.3) is 0 Å². The summed E-state index contributed by atoms with van der Waals surface area (Å²) in [4.78, 5) is 17.1. The van der Waals surface area contributed by atoms with E-state index in [0.29, 0.717) is 18.9 Å². The van der Waals surface area contributed by atoms with Crippen LogP contribution in [-0.4, -0.2) is 27.6 Å². The molecule has 5 nitrogen and oxygen atoms in total. The van der Waals surface area contributed by atoms with E-state index < -0.39 is 5.82 Å². The molecule has 1 saturated carbocycles. The number of hydrogen-bond donors (Lipinski definition) is 1. The molecule has 0 aliphatic heterocycles. The number of halogens is 1. The maximum atomic E-state index is 14.6. The van der Waals surface area contributed by atoms with Crippen molar-refractivity contribution >= 4 is 16.7 Å². The summed E-state index contributed by atoms with van der Waals surface area (Å²) >= 11 is 0. The van der Waals surface area contributed by atoms with Crippen LogP contribution in [0, 0.1) is 11.7 Å². The molecule has 0 unspecified atom stereocenters. The molecule has 174 valence electrons. The van der Waals surface area contributed by atoms with Crippen LogP contribution in [0.2, 0.25) is 0 Å². The Kier molecular flexibility index (Phi) is 6.65. The zero-order valence-electron chi connectivity index (χ0n) is 19.0. The van der Waals surface area contributed by atoms with Crippen LogP contribution in [0.25, 0.3) is 10.9 Å². The van der Waals surface area contributed by atoms with Crippen molar-refractivity contribution in [1.82, 2.24) is 15.2 Å². The number of pyridine rings is 1. The van der Waals surface area contributed by atoms with E-state index in [4.69, 9.17) is 4.74 Å². The van der Waals surface area contributed by atoms with Crippen molar-refractivity contribution in [3.8, 4) is 5.75 Å². The Hall–Kier alpha value is -3.54. The standard InChI is InChI=1S/C28H28FN3O2/c29-26-11-8-19(16-25(26)28(33)13-9-22-6-3-4-14-30-22)24-7-2-1-5-20(24)18-34-23-10-12-27-21(15-23)17-31-32-27/h3-4,6,8,10-12,14-17,20,24H,1-2,5,7,9,13,18H2,(H,31,32)/t20-,24-/m0/s1. The molecule has 0 bridgehead atoms. The van der Waals surface area contributed by atoms with E-state index in [1.54, 1.807) is 18.5 Å². The summed E-state index contributed by atoms with van der Waals surface area (Å²) in [6.45, 7) is 0.592. The minimum absolute atomic E-state index is 0.179. The number of aromatic amines is 1. The number of fused-ring (bicyclic) bond motifs is 1. The van der Waals surface area contributed by atoms with Crippen LogP contribution in [0.5, 0.6) is 5.75 Å². The second-order valence-electron chi connectivity index (χ2n) is 9.06. The Morgan fingerprint density at radius 2 is 2.00 bits per heavy atom. The number of nitrogens with zero attached hydrogens (tertiary/aromatic N) is 2. The first-order valence-electron chi connectivity index (χ1n) is 12.0. The molecule has 2 aromatic heterocycles. The molecule has 1 aliphatic rings. The number of carbonyl (C=O) groups excluding carboxylic acids is 1.